The van der Waals surface area contributed by atoms with E-state index in [0.717, 1.165) is 40.4 Å². The van der Waals surface area contributed by atoms with Gasteiger partial charge in [0.1, 0.15) is 11.4 Å². The number of H-pyrrole nitrogens is 1. The van der Waals surface area contributed by atoms with Crippen LogP contribution >= 0.6 is 0 Å². The van der Waals surface area contributed by atoms with E-state index < -0.39 is 6.23 Å². The fraction of sp³-hybridized carbons (Fsp3) is 0.438. The maximum Gasteiger partial charge on any atom is 0.157 e. The summed E-state index contributed by atoms with van der Waals surface area (Å²) >= 11 is 0. The van der Waals surface area contributed by atoms with Crippen molar-refractivity contribution in [1.82, 2.24) is 10.2 Å². The largest absolute Gasteiger partial charge is 0.494 e. The molecule has 4 N–H and O–H groups in total. The van der Waals surface area contributed by atoms with E-state index >= 15 is 0 Å². The minimum absolute atomic E-state index is 0.590. The molecule has 1 aromatic carbocycles. The molecule has 1 aliphatic rings. The zero-order chi connectivity index (χ0) is 15.7. The Labute approximate surface area is 129 Å². The predicted octanol–water partition coefficient (Wildman–Crippen LogP) is 1.94. The molecule has 0 fully saturated rings. The van der Waals surface area contributed by atoms with Crippen molar-refractivity contribution in [2.45, 2.75) is 26.5 Å². The maximum atomic E-state index is 10.7. The second kappa shape index (κ2) is 5.98. The van der Waals surface area contributed by atoms with Crippen LogP contribution in [0.25, 0.3) is 11.3 Å². The van der Waals surface area contributed by atoms with Crippen LogP contribution in [0.4, 0.5) is 5.69 Å². The van der Waals surface area contributed by atoms with Crippen LogP contribution in [-0.2, 0) is 0 Å². The molecule has 0 bridgehead atoms. The molecule has 1 aliphatic heterocycles. The third kappa shape index (κ3) is 2.34. The van der Waals surface area contributed by atoms with Crippen molar-refractivity contribution in [3.8, 4) is 17.0 Å². The highest BCUT2D eigenvalue weighted by Gasteiger charge is 2.33. The Morgan fingerprint density at radius 1 is 1.45 bits per heavy atom. The lowest BCUT2D eigenvalue weighted by atomic mass is 9.96. The van der Waals surface area contributed by atoms with Gasteiger partial charge < -0.3 is 20.5 Å². The molecule has 6 heteroatoms. The number of aryl methyl sites for hydroxylation is 1. The van der Waals surface area contributed by atoms with E-state index in [9.17, 15) is 5.11 Å². The number of aromatic nitrogens is 2. The van der Waals surface area contributed by atoms with Gasteiger partial charge in [-0.05, 0) is 45.0 Å². The predicted molar refractivity (Wildman–Crippen MR) is 85.9 cm³/mol. The molecule has 3 rings (SSSR count). The van der Waals surface area contributed by atoms with Gasteiger partial charge in [0.05, 0.1) is 6.61 Å². The van der Waals surface area contributed by atoms with Crippen LogP contribution in [0.3, 0.4) is 0 Å². The normalized spacial score (nSPS) is 16.4. The van der Waals surface area contributed by atoms with Gasteiger partial charge in [-0.15, -0.1) is 0 Å². The monoisotopic (exact) mass is 302 g/mol. The average Bonchev–Trinajstić information content (AvgIpc) is 2.90. The number of anilines is 1. The Balaban J connectivity index is 2.11. The van der Waals surface area contributed by atoms with Gasteiger partial charge in [0.25, 0.3) is 0 Å². The van der Waals surface area contributed by atoms with E-state index in [-0.39, 0.29) is 0 Å². The molecule has 0 spiro atoms. The van der Waals surface area contributed by atoms with Crippen molar-refractivity contribution in [2.75, 3.05) is 24.6 Å². The van der Waals surface area contributed by atoms with Gasteiger partial charge in [-0.25, -0.2) is 0 Å². The van der Waals surface area contributed by atoms with Crippen LogP contribution in [0.2, 0.25) is 0 Å². The summed E-state index contributed by atoms with van der Waals surface area (Å²) in [6.45, 7) is 5.79. The minimum atomic E-state index is -0.703. The standard InChI is InChI=1S/C16H22N4O2/c1-3-22-11-5-6-13-12(9-11)15-14(10(2)18-19-15)16(21)20(13)8-4-7-17/h5-6,9,16,21H,3-4,7-8,17H2,1-2H3,(H,18,19). The van der Waals surface area contributed by atoms with Gasteiger partial charge in [-0.2, -0.15) is 5.10 Å². The van der Waals surface area contributed by atoms with Crippen LogP contribution in [-0.4, -0.2) is 35.0 Å². The molecule has 0 saturated heterocycles. The van der Waals surface area contributed by atoms with E-state index in [4.69, 9.17) is 10.5 Å². The highest BCUT2D eigenvalue weighted by Crippen LogP contribution is 2.45. The number of aromatic amines is 1. The average molecular weight is 302 g/mol. The van der Waals surface area contributed by atoms with Crippen LogP contribution in [0.5, 0.6) is 5.75 Å². The fourth-order valence-electron chi connectivity index (χ4n) is 2.96. The van der Waals surface area contributed by atoms with Gasteiger partial charge >= 0.3 is 0 Å². The van der Waals surface area contributed by atoms with Crippen molar-refractivity contribution >= 4 is 5.69 Å². The van der Waals surface area contributed by atoms with Crippen molar-refractivity contribution in [3.63, 3.8) is 0 Å². The first-order valence-electron chi connectivity index (χ1n) is 7.64. The topological polar surface area (TPSA) is 87.4 Å². The Morgan fingerprint density at radius 2 is 2.27 bits per heavy atom. The van der Waals surface area contributed by atoms with E-state index in [1.165, 1.54) is 0 Å². The van der Waals surface area contributed by atoms with Gasteiger partial charge in [-0.1, -0.05) is 0 Å². The number of hydrogen-bond acceptors (Lipinski definition) is 5. The summed E-state index contributed by atoms with van der Waals surface area (Å²) in [4.78, 5) is 1.97. The molecule has 1 unspecified atom stereocenters. The third-order valence-corrected chi connectivity index (χ3v) is 3.99. The molecule has 1 aromatic heterocycles. The molecular weight excluding hydrogens is 280 g/mol. The number of hydrogen-bond donors (Lipinski definition) is 3. The lowest BCUT2D eigenvalue weighted by Crippen LogP contribution is -2.34. The molecule has 2 heterocycles. The zero-order valence-electron chi connectivity index (χ0n) is 13.0. The summed E-state index contributed by atoms with van der Waals surface area (Å²) < 4.78 is 5.60. The Morgan fingerprint density at radius 3 is 3.00 bits per heavy atom. The van der Waals surface area contributed by atoms with Crippen LogP contribution < -0.4 is 15.4 Å². The lowest BCUT2D eigenvalue weighted by molar-refractivity contribution is 0.169. The van der Waals surface area contributed by atoms with Crippen molar-refractivity contribution in [1.29, 1.82) is 0 Å². The molecule has 6 nitrogen and oxygen atoms in total. The number of nitrogens with zero attached hydrogens (tertiary/aromatic N) is 2. The molecule has 1 atom stereocenters. The van der Waals surface area contributed by atoms with Gasteiger partial charge in [0.2, 0.25) is 0 Å². The van der Waals surface area contributed by atoms with E-state index in [1.807, 2.05) is 36.9 Å². The number of aliphatic hydroxyl groups excluding tert-OH is 1. The summed E-state index contributed by atoms with van der Waals surface area (Å²) in [7, 11) is 0. The smallest absolute Gasteiger partial charge is 0.157 e. The number of nitrogens with one attached hydrogen (secondary N) is 1. The zero-order valence-corrected chi connectivity index (χ0v) is 13.0. The molecule has 0 aliphatic carbocycles. The van der Waals surface area contributed by atoms with Crippen molar-refractivity contribution < 1.29 is 9.84 Å². The van der Waals surface area contributed by atoms with E-state index in [0.29, 0.717) is 19.7 Å². The van der Waals surface area contributed by atoms with Gasteiger partial charge in [0.15, 0.2) is 6.23 Å². The molecule has 22 heavy (non-hydrogen) atoms. The number of aliphatic hydroxyl groups is 1. The quantitative estimate of drug-likeness (QED) is 0.785. The first-order valence-corrected chi connectivity index (χ1v) is 7.64. The number of nitrogens with two attached hydrogens (primary N) is 1. The number of rotatable bonds is 5. The number of fused-ring (bicyclic) bond motifs is 3. The Bertz CT molecular complexity index is 668. The third-order valence-electron chi connectivity index (χ3n) is 3.99. The molecule has 0 amide bonds. The van der Waals surface area contributed by atoms with Crippen LogP contribution in [0, 0.1) is 6.92 Å². The highest BCUT2D eigenvalue weighted by molar-refractivity contribution is 5.83. The van der Waals surface area contributed by atoms with Crippen LogP contribution in [0.1, 0.15) is 30.8 Å². The summed E-state index contributed by atoms with van der Waals surface area (Å²) in [5.41, 5.74) is 10.1. The van der Waals surface area contributed by atoms with Crippen molar-refractivity contribution in [2.24, 2.45) is 5.73 Å². The molecule has 2 aromatic rings. The second-order valence-electron chi connectivity index (χ2n) is 5.43. The fourth-order valence-corrected chi connectivity index (χ4v) is 2.96. The van der Waals surface area contributed by atoms with Crippen LogP contribution in [0.15, 0.2) is 18.2 Å². The number of benzene rings is 1. The highest BCUT2D eigenvalue weighted by atomic mass is 16.5. The summed E-state index contributed by atoms with van der Waals surface area (Å²) in [5.74, 6) is 0.808. The first kappa shape index (κ1) is 14.9. The number of ether oxygens (including phenoxy) is 1. The molecule has 118 valence electrons. The molecule has 0 saturated carbocycles. The maximum absolute atomic E-state index is 10.7. The van der Waals surface area contributed by atoms with Crippen molar-refractivity contribution in [3.05, 3.63) is 29.5 Å². The molecular formula is C16H22N4O2. The first-order chi connectivity index (χ1) is 10.7. The summed E-state index contributed by atoms with van der Waals surface area (Å²) in [6.07, 6.45) is 0.112. The SMILES string of the molecule is CCOc1ccc2c(c1)-c1n[nH]c(C)c1C(O)N2CCCN. The Hall–Kier alpha value is -2.05. The summed E-state index contributed by atoms with van der Waals surface area (Å²) in [5, 5.41) is 18.1. The minimum Gasteiger partial charge on any atom is -0.494 e. The second-order valence-corrected chi connectivity index (χ2v) is 5.43. The van der Waals surface area contributed by atoms with Gasteiger partial charge in [-0.3, -0.25) is 5.10 Å². The Kier molecular flexibility index (Phi) is 4.04. The lowest BCUT2D eigenvalue weighted by Gasteiger charge is -2.35. The summed E-state index contributed by atoms with van der Waals surface area (Å²) in [6, 6.07) is 5.89. The van der Waals surface area contributed by atoms with E-state index in [1.54, 1.807) is 0 Å². The molecule has 0 radical (unpaired) electrons. The van der Waals surface area contributed by atoms with Gasteiger partial charge in [0, 0.05) is 29.1 Å². The van der Waals surface area contributed by atoms with E-state index in [2.05, 4.69) is 10.2 Å².